The average molecular weight is 283 g/mol. The van der Waals surface area contributed by atoms with Gasteiger partial charge < -0.3 is 15.5 Å². The molecule has 2 aromatic carbocycles. The molecule has 2 aromatic rings. The zero-order chi connectivity index (χ0) is 14.7. The van der Waals surface area contributed by atoms with Crippen molar-refractivity contribution in [2.45, 2.75) is 18.9 Å². The monoisotopic (exact) mass is 283 g/mol. The van der Waals surface area contributed by atoms with Crippen molar-refractivity contribution in [3.63, 3.8) is 0 Å². The van der Waals surface area contributed by atoms with E-state index in [1.54, 1.807) is 0 Å². The third kappa shape index (κ3) is 3.52. The number of amides is 2. The van der Waals surface area contributed by atoms with Crippen LogP contribution in [0.25, 0.3) is 10.8 Å². The number of benzene rings is 2. The van der Waals surface area contributed by atoms with Crippen molar-refractivity contribution in [2.75, 3.05) is 25.5 Å². The molecule has 0 atom stereocenters. The molecule has 2 N–H and O–H groups in total. The van der Waals surface area contributed by atoms with Gasteiger partial charge in [0.1, 0.15) is 0 Å². The second-order valence-electron chi connectivity index (χ2n) is 5.74. The minimum atomic E-state index is -0.111. The molecule has 2 amide bonds. The summed E-state index contributed by atoms with van der Waals surface area (Å²) in [4.78, 5) is 14.4. The number of nitrogens with zero attached hydrogens (tertiary/aromatic N) is 1. The van der Waals surface area contributed by atoms with Crippen LogP contribution in [0, 0.1) is 0 Å². The molecule has 1 aliphatic rings. The molecule has 0 unspecified atom stereocenters. The summed E-state index contributed by atoms with van der Waals surface area (Å²) in [5.74, 6) is 0. The Kier molecular flexibility index (Phi) is 4.06. The van der Waals surface area contributed by atoms with Crippen LogP contribution in [0.15, 0.2) is 42.5 Å². The number of carbonyl (C=O) groups is 1. The molecule has 21 heavy (non-hydrogen) atoms. The molecular weight excluding hydrogens is 262 g/mol. The number of piperidine rings is 1. The lowest BCUT2D eigenvalue weighted by molar-refractivity contribution is 0.221. The van der Waals surface area contributed by atoms with E-state index in [0.717, 1.165) is 37.0 Å². The molecular formula is C17H21N3O. The van der Waals surface area contributed by atoms with Gasteiger partial charge in [-0.3, -0.25) is 0 Å². The molecule has 1 heterocycles. The maximum absolute atomic E-state index is 12.1. The van der Waals surface area contributed by atoms with Crippen LogP contribution < -0.4 is 10.6 Å². The summed E-state index contributed by atoms with van der Waals surface area (Å²) in [7, 11) is 2.12. The maximum Gasteiger partial charge on any atom is 0.319 e. The minimum absolute atomic E-state index is 0.111. The van der Waals surface area contributed by atoms with Gasteiger partial charge in [0.2, 0.25) is 0 Å². The summed E-state index contributed by atoms with van der Waals surface area (Å²) in [5.41, 5.74) is 0.833. The predicted molar refractivity (Wildman–Crippen MR) is 86.6 cm³/mol. The molecule has 3 rings (SSSR count). The molecule has 0 aromatic heterocycles. The third-order valence-electron chi connectivity index (χ3n) is 4.06. The topological polar surface area (TPSA) is 44.4 Å². The summed E-state index contributed by atoms with van der Waals surface area (Å²) in [5, 5.41) is 8.30. The minimum Gasteiger partial charge on any atom is -0.335 e. The number of nitrogens with one attached hydrogen (secondary N) is 2. The fourth-order valence-electron chi connectivity index (χ4n) is 2.77. The fraction of sp³-hybridized carbons (Fsp3) is 0.353. The first-order valence-corrected chi connectivity index (χ1v) is 7.45. The molecule has 1 aliphatic heterocycles. The Morgan fingerprint density at radius 2 is 1.81 bits per heavy atom. The van der Waals surface area contributed by atoms with Gasteiger partial charge in [-0.1, -0.05) is 30.3 Å². The zero-order valence-corrected chi connectivity index (χ0v) is 12.3. The van der Waals surface area contributed by atoms with Gasteiger partial charge in [-0.05, 0) is 55.9 Å². The van der Waals surface area contributed by atoms with Gasteiger partial charge >= 0.3 is 6.03 Å². The van der Waals surface area contributed by atoms with Crippen LogP contribution >= 0.6 is 0 Å². The Morgan fingerprint density at radius 3 is 2.57 bits per heavy atom. The molecule has 0 radical (unpaired) electrons. The van der Waals surface area contributed by atoms with Crippen LogP contribution in [0.5, 0.6) is 0 Å². The molecule has 4 nitrogen and oxygen atoms in total. The highest BCUT2D eigenvalue weighted by Gasteiger charge is 2.18. The van der Waals surface area contributed by atoms with E-state index >= 15 is 0 Å². The first-order chi connectivity index (χ1) is 10.2. The van der Waals surface area contributed by atoms with Crippen LogP contribution in [-0.2, 0) is 0 Å². The number of likely N-dealkylation sites (tertiary alicyclic amines) is 1. The van der Waals surface area contributed by atoms with Gasteiger partial charge in [0.05, 0.1) is 0 Å². The van der Waals surface area contributed by atoms with Crippen molar-refractivity contribution < 1.29 is 4.79 Å². The van der Waals surface area contributed by atoms with Gasteiger partial charge in [0, 0.05) is 11.7 Å². The number of anilines is 1. The predicted octanol–water partition coefficient (Wildman–Crippen LogP) is 3.06. The Morgan fingerprint density at radius 1 is 1.10 bits per heavy atom. The molecule has 0 spiro atoms. The molecule has 1 saturated heterocycles. The quantitative estimate of drug-likeness (QED) is 0.889. The summed E-state index contributed by atoms with van der Waals surface area (Å²) in [6, 6.07) is 14.3. The number of rotatable bonds is 2. The zero-order valence-electron chi connectivity index (χ0n) is 12.3. The third-order valence-corrected chi connectivity index (χ3v) is 4.06. The number of carbonyl (C=O) groups excluding carboxylic acids is 1. The van der Waals surface area contributed by atoms with E-state index in [1.165, 1.54) is 5.39 Å². The van der Waals surface area contributed by atoms with Crippen LogP contribution in [0.1, 0.15) is 12.8 Å². The molecule has 110 valence electrons. The van der Waals surface area contributed by atoms with Crippen LogP contribution in [0.3, 0.4) is 0 Å². The highest BCUT2D eigenvalue weighted by molar-refractivity contribution is 5.93. The fourth-order valence-corrected chi connectivity index (χ4v) is 2.77. The van der Waals surface area contributed by atoms with Crippen LogP contribution in [0.4, 0.5) is 10.5 Å². The lowest BCUT2D eigenvalue weighted by Crippen LogP contribution is -2.44. The second-order valence-corrected chi connectivity index (χ2v) is 5.74. The van der Waals surface area contributed by atoms with Crippen molar-refractivity contribution in [2.24, 2.45) is 0 Å². The summed E-state index contributed by atoms with van der Waals surface area (Å²) in [6.07, 6.45) is 2.03. The van der Waals surface area contributed by atoms with Gasteiger partial charge in [0.15, 0.2) is 0 Å². The Hall–Kier alpha value is -2.07. The first-order valence-electron chi connectivity index (χ1n) is 7.45. The van der Waals surface area contributed by atoms with Gasteiger partial charge in [-0.15, -0.1) is 0 Å². The highest BCUT2D eigenvalue weighted by atomic mass is 16.2. The summed E-state index contributed by atoms with van der Waals surface area (Å²) in [6.45, 7) is 2.09. The molecule has 0 bridgehead atoms. The number of hydrogen-bond donors (Lipinski definition) is 2. The van der Waals surface area contributed by atoms with E-state index in [4.69, 9.17) is 0 Å². The van der Waals surface area contributed by atoms with E-state index in [0.29, 0.717) is 0 Å². The summed E-state index contributed by atoms with van der Waals surface area (Å²) >= 11 is 0. The van der Waals surface area contributed by atoms with E-state index in [1.807, 2.05) is 30.3 Å². The maximum atomic E-state index is 12.1. The molecule has 1 fully saturated rings. The lowest BCUT2D eigenvalue weighted by atomic mass is 10.1. The van der Waals surface area contributed by atoms with Gasteiger partial charge in [0.25, 0.3) is 0 Å². The average Bonchev–Trinajstić information content (AvgIpc) is 2.49. The summed E-state index contributed by atoms with van der Waals surface area (Å²) < 4.78 is 0. The van der Waals surface area contributed by atoms with E-state index in [2.05, 4.69) is 34.7 Å². The largest absolute Gasteiger partial charge is 0.335 e. The van der Waals surface area contributed by atoms with E-state index in [9.17, 15) is 4.79 Å². The first kappa shape index (κ1) is 13.9. The highest BCUT2D eigenvalue weighted by Crippen LogP contribution is 2.18. The lowest BCUT2D eigenvalue weighted by Gasteiger charge is -2.29. The Bertz CT molecular complexity index is 633. The molecule has 0 aliphatic carbocycles. The van der Waals surface area contributed by atoms with Gasteiger partial charge in [-0.2, -0.15) is 0 Å². The SMILES string of the molecule is CN1CCC(NC(=O)Nc2ccc3ccccc3c2)CC1. The van der Waals surface area contributed by atoms with Crippen molar-refractivity contribution in [3.8, 4) is 0 Å². The van der Waals surface area contributed by atoms with Gasteiger partial charge in [-0.25, -0.2) is 4.79 Å². The number of hydrogen-bond acceptors (Lipinski definition) is 2. The number of urea groups is 1. The van der Waals surface area contributed by atoms with Crippen LogP contribution in [0.2, 0.25) is 0 Å². The molecule has 4 heteroatoms. The van der Waals surface area contributed by atoms with E-state index in [-0.39, 0.29) is 12.1 Å². The van der Waals surface area contributed by atoms with Crippen molar-refractivity contribution >= 4 is 22.5 Å². The van der Waals surface area contributed by atoms with Crippen LogP contribution in [-0.4, -0.2) is 37.1 Å². The van der Waals surface area contributed by atoms with Crippen molar-refractivity contribution in [1.82, 2.24) is 10.2 Å². The van der Waals surface area contributed by atoms with E-state index < -0.39 is 0 Å². The standard InChI is InChI=1S/C17H21N3O/c1-20-10-8-15(9-11-20)18-17(21)19-16-7-6-13-4-2-3-5-14(13)12-16/h2-7,12,15H,8-11H2,1H3,(H2,18,19,21). The van der Waals surface area contributed by atoms with Crippen molar-refractivity contribution in [1.29, 1.82) is 0 Å². The Balaban J connectivity index is 1.60. The Labute approximate surface area is 125 Å². The second kappa shape index (κ2) is 6.14. The normalized spacial score (nSPS) is 16.8. The molecule has 0 saturated carbocycles. The number of fused-ring (bicyclic) bond motifs is 1. The van der Waals surface area contributed by atoms with Crippen molar-refractivity contribution in [3.05, 3.63) is 42.5 Å². The smallest absolute Gasteiger partial charge is 0.319 e.